The van der Waals surface area contributed by atoms with Crippen molar-refractivity contribution >= 4 is 17.4 Å². The lowest BCUT2D eigenvalue weighted by Gasteiger charge is -2.15. The Morgan fingerprint density at radius 1 is 0.906 bits per heavy atom. The Morgan fingerprint density at radius 3 is 2.31 bits per heavy atom. The molecule has 4 rings (SSSR count). The van der Waals surface area contributed by atoms with Crippen LogP contribution in [0.4, 0.5) is 29.3 Å². The molecule has 4 aromatic rings. The molecule has 2 amide bonds. The van der Waals surface area contributed by atoms with E-state index in [9.17, 15) is 18.0 Å². The molecule has 2 aromatic carbocycles. The van der Waals surface area contributed by atoms with E-state index in [1.807, 2.05) is 0 Å². The number of hydrogen-bond acceptors (Lipinski definition) is 5. The predicted molar refractivity (Wildman–Crippen MR) is 111 cm³/mol. The summed E-state index contributed by atoms with van der Waals surface area (Å²) in [7, 11) is 0. The zero-order valence-electron chi connectivity index (χ0n) is 16.4. The van der Waals surface area contributed by atoms with E-state index in [4.69, 9.17) is 4.52 Å². The lowest BCUT2D eigenvalue weighted by molar-refractivity contribution is -0.136. The van der Waals surface area contributed by atoms with Crippen LogP contribution in [-0.4, -0.2) is 21.2 Å². The van der Waals surface area contributed by atoms with Gasteiger partial charge in [0.25, 0.3) is 0 Å². The predicted octanol–water partition coefficient (Wildman–Crippen LogP) is 5.39. The second kappa shape index (κ2) is 8.88. The van der Waals surface area contributed by atoms with Crippen LogP contribution in [0.3, 0.4) is 0 Å². The molecule has 0 saturated heterocycles. The number of hydrogen-bond donors (Lipinski definition) is 2. The summed E-state index contributed by atoms with van der Waals surface area (Å²) in [5.74, 6) is 0.711. The van der Waals surface area contributed by atoms with E-state index in [2.05, 4.69) is 25.8 Å². The van der Waals surface area contributed by atoms with Gasteiger partial charge in [-0.25, -0.2) is 4.79 Å². The number of aromatic nitrogens is 3. The highest BCUT2D eigenvalue weighted by Crippen LogP contribution is 2.34. The second-order valence-corrected chi connectivity index (χ2v) is 6.70. The molecule has 2 heterocycles. The lowest BCUT2D eigenvalue weighted by atomic mass is 10.1. The Labute approximate surface area is 180 Å². The third-order valence-electron chi connectivity index (χ3n) is 4.49. The van der Waals surface area contributed by atoms with Crippen molar-refractivity contribution in [1.82, 2.24) is 15.1 Å². The molecule has 10 heteroatoms. The molecule has 162 valence electrons. The SMILES string of the molecule is O=C(Nc1ccccc1Cc1nc(-c2ccncc2)no1)Nc1ccccc1C(F)(F)F. The van der Waals surface area contributed by atoms with Gasteiger partial charge in [-0.05, 0) is 35.9 Å². The van der Waals surface area contributed by atoms with E-state index in [-0.39, 0.29) is 12.1 Å². The molecule has 0 bridgehead atoms. The Morgan fingerprint density at radius 2 is 1.56 bits per heavy atom. The van der Waals surface area contributed by atoms with Crippen molar-refractivity contribution in [3.63, 3.8) is 0 Å². The van der Waals surface area contributed by atoms with Crippen LogP contribution in [0.1, 0.15) is 17.0 Å². The molecule has 0 fully saturated rings. The summed E-state index contributed by atoms with van der Waals surface area (Å²) in [6, 6.07) is 14.3. The molecule has 0 atom stereocenters. The molecule has 0 unspecified atom stereocenters. The number of rotatable bonds is 5. The van der Waals surface area contributed by atoms with Crippen LogP contribution >= 0.6 is 0 Å². The molecule has 0 aliphatic carbocycles. The zero-order chi connectivity index (χ0) is 22.6. The molecule has 0 aliphatic rings. The van der Waals surface area contributed by atoms with E-state index in [0.29, 0.717) is 23.0 Å². The van der Waals surface area contributed by atoms with Crippen LogP contribution in [0.25, 0.3) is 11.4 Å². The maximum absolute atomic E-state index is 13.2. The van der Waals surface area contributed by atoms with Crippen molar-refractivity contribution in [3.8, 4) is 11.4 Å². The normalized spacial score (nSPS) is 11.2. The van der Waals surface area contributed by atoms with Crippen LogP contribution in [0, 0.1) is 0 Å². The number of pyridine rings is 1. The van der Waals surface area contributed by atoms with Crippen molar-refractivity contribution in [2.24, 2.45) is 0 Å². The molecule has 7 nitrogen and oxygen atoms in total. The first-order valence-electron chi connectivity index (χ1n) is 9.45. The minimum atomic E-state index is -4.59. The number of carbonyl (C=O) groups is 1. The van der Waals surface area contributed by atoms with Gasteiger partial charge in [-0.1, -0.05) is 35.5 Å². The van der Waals surface area contributed by atoms with Crippen LogP contribution in [0.2, 0.25) is 0 Å². The number of benzene rings is 2. The summed E-state index contributed by atoms with van der Waals surface area (Å²) in [5, 5.41) is 8.78. The smallest absolute Gasteiger partial charge is 0.339 e. The number of nitrogens with zero attached hydrogens (tertiary/aromatic N) is 3. The van der Waals surface area contributed by atoms with E-state index < -0.39 is 17.8 Å². The third-order valence-corrected chi connectivity index (χ3v) is 4.49. The quantitative estimate of drug-likeness (QED) is 0.435. The monoisotopic (exact) mass is 439 g/mol. The Hall–Kier alpha value is -4.21. The molecule has 0 aliphatic heterocycles. The van der Waals surface area contributed by atoms with E-state index >= 15 is 0 Å². The summed E-state index contributed by atoms with van der Waals surface area (Å²) < 4.78 is 44.8. The summed E-state index contributed by atoms with van der Waals surface area (Å²) in [4.78, 5) is 20.7. The minimum absolute atomic E-state index is 0.216. The number of carbonyl (C=O) groups excluding carboxylic acids is 1. The molecule has 32 heavy (non-hydrogen) atoms. The maximum Gasteiger partial charge on any atom is 0.418 e. The average molecular weight is 439 g/mol. The Kier molecular flexibility index (Phi) is 5.84. The highest BCUT2D eigenvalue weighted by molar-refractivity contribution is 6.00. The number of anilines is 2. The topological polar surface area (TPSA) is 92.9 Å². The number of halogens is 3. The van der Waals surface area contributed by atoms with E-state index in [1.54, 1.807) is 48.8 Å². The first kappa shape index (κ1) is 21.0. The number of amides is 2. The number of alkyl halides is 3. The van der Waals surface area contributed by atoms with Gasteiger partial charge < -0.3 is 15.2 Å². The van der Waals surface area contributed by atoms with Crippen molar-refractivity contribution in [1.29, 1.82) is 0 Å². The maximum atomic E-state index is 13.2. The number of urea groups is 1. The first-order chi connectivity index (χ1) is 15.4. The van der Waals surface area contributed by atoms with Gasteiger partial charge in [-0.2, -0.15) is 18.2 Å². The van der Waals surface area contributed by atoms with Crippen LogP contribution in [0.15, 0.2) is 77.6 Å². The van der Waals surface area contributed by atoms with Crippen molar-refractivity contribution < 1.29 is 22.5 Å². The molecule has 0 spiro atoms. The molecular weight excluding hydrogens is 423 g/mol. The molecule has 2 N–H and O–H groups in total. The first-order valence-corrected chi connectivity index (χ1v) is 9.45. The van der Waals surface area contributed by atoms with E-state index in [0.717, 1.165) is 11.6 Å². The fourth-order valence-corrected chi connectivity index (χ4v) is 3.02. The Bertz CT molecular complexity index is 1230. The number of para-hydroxylation sites is 2. The zero-order valence-corrected chi connectivity index (χ0v) is 16.4. The van der Waals surface area contributed by atoms with Gasteiger partial charge in [0, 0.05) is 23.6 Å². The minimum Gasteiger partial charge on any atom is -0.339 e. The molecular formula is C22H16F3N5O2. The lowest BCUT2D eigenvalue weighted by Crippen LogP contribution is -2.22. The summed E-state index contributed by atoms with van der Waals surface area (Å²) in [6.07, 6.45) is -1.15. The van der Waals surface area contributed by atoms with Crippen molar-refractivity contribution in [2.75, 3.05) is 10.6 Å². The van der Waals surface area contributed by atoms with Crippen LogP contribution < -0.4 is 10.6 Å². The summed E-state index contributed by atoms with van der Waals surface area (Å²) in [5.41, 5.74) is 0.519. The summed E-state index contributed by atoms with van der Waals surface area (Å²) >= 11 is 0. The fourth-order valence-electron chi connectivity index (χ4n) is 3.02. The number of nitrogens with one attached hydrogen (secondary N) is 2. The van der Waals surface area contributed by atoms with E-state index in [1.165, 1.54) is 18.2 Å². The van der Waals surface area contributed by atoms with Crippen molar-refractivity contribution in [3.05, 3.63) is 90.1 Å². The van der Waals surface area contributed by atoms with Gasteiger partial charge in [-0.3, -0.25) is 4.98 Å². The van der Waals surface area contributed by atoms with Crippen LogP contribution in [-0.2, 0) is 12.6 Å². The highest BCUT2D eigenvalue weighted by Gasteiger charge is 2.33. The van der Waals surface area contributed by atoms with Gasteiger partial charge in [-0.15, -0.1) is 0 Å². The third kappa shape index (κ3) is 4.91. The fraction of sp³-hybridized carbons (Fsp3) is 0.0909. The second-order valence-electron chi connectivity index (χ2n) is 6.70. The van der Waals surface area contributed by atoms with Gasteiger partial charge in [0.1, 0.15) is 0 Å². The van der Waals surface area contributed by atoms with Gasteiger partial charge in [0.05, 0.1) is 17.7 Å². The molecule has 2 aromatic heterocycles. The summed E-state index contributed by atoms with van der Waals surface area (Å²) in [6.45, 7) is 0. The van der Waals surface area contributed by atoms with Gasteiger partial charge in [0.15, 0.2) is 0 Å². The Balaban J connectivity index is 1.49. The van der Waals surface area contributed by atoms with Gasteiger partial charge in [0.2, 0.25) is 11.7 Å². The van der Waals surface area contributed by atoms with Crippen molar-refractivity contribution in [2.45, 2.75) is 12.6 Å². The van der Waals surface area contributed by atoms with Gasteiger partial charge >= 0.3 is 12.2 Å². The highest BCUT2D eigenvalue weighted by atomic mass is 19.4. The largest absolute Gasteiger partial charge is 0.418 e. The standard InChI is InChI=1S/C22H16F3N5O2/c23-22(24,25)16-6-2-4-8-18(16)28-21(31)27-17-7-3-1-5-15(17)13-19-29-20(30-32-19)14-9-11-26-12-10-14/h1-12H,13H2,(H2,27,28,31). The van der Waals surface area contributed by atoms with Crippen LogP contribution in [0.5, 0.6) is 0 Å². The average Bonchev–Trinajstić information content (AvgIpc) is 3.24. The molecule has 0 radical (unpaired) electrons. The molecule has 0 saturated carbocycles.